The monoisotopic (exact) mass is 382 g/mol. The highest BCUT2D eigenvalue weighted by molar-refractivity contribution is 7.22. The normalized spacial score (nSPS) is 13.9. The second kappa shape index (κ2) is 6.96. The first-order valence-corrected chi connectivity index (χ1v) is 9.55. The Labute approximate surface area is 159 Å². The summed E-state index contributed by atoms with van der Waals surface area (Å²) in [6, 6.07) is 10.1. The molecular formula is C19H18N4O3S. The van der Waals surface area contributed by atoms with Crippen molar-refractivity contribution in [2.45, 2.75) is 19.8 Å². The topological polar surface area (TPSA) is 88.4 Å². The quantitative estimate of drug-likeness (QED) is 0.535. The van der Waals surface area contributed by atoms with Gasteiger partial charge in [-0.05, 0) is 44.0 Å². The molecule has 1 fully saturated rings. The maximum atomic E-state index is 12.5. The molecule has 8 heteroatoms. The van der Waals surface area contributed by atoms with Crippen LogP contribution in [0.2, 0.25) is 0 Å². The summed E-state index contributed by atoms with van der Waals surface area (Å²) in [7, 11) is 0. The van der Waals surface area contributed by atoms with E-state index in [2.05, 4.69) is 15.2 Å². The molecule has 1 aliphatic rings. The number of nitrogens with one attached hydrogen (secondary N) is 1. The molecule has 0 atom stereocenters. The smallest absolute Gasteiger partial charge is 0.273 e. The van der Waals surface area contributed by atoms with Crippen molar-refractivity contribution >= 4 is 44.0 Å². The first-order chi connectivity index (χ1) is 13.0. The number of fused-ring (bicyclic) bond motifs is 1. The largest absolute Gasteiger partial charge is 0.348 e. The number of nitrogens with zero attached hydrogens (tertiary/aromatic N) is 3. The van der Waals surface area contributed by atoms with Crippen molar-refractivity contribution in [1.29, 1.82) is 0 Å². The van der Waals surface area contributed by atoms with Gasteiger partial charge in [0, 0.05) is 36.0 Å². The van der Waals surface area contributed by atoms with E-state index in [-0.39, 0.29) is 17.2 Å². The molecule has 1 amide bonds. The van der Waals surface area contributed by atoms with Crippen molar-refractivity contribution < 1.29 is 9.72 Å². The molecule has 0 bridgehead atoms. The lowest BCUT2D eigenvalue weighted by molar-refractivity contribution is -0.385. The van der Waals surface area contributed by atoms with Gasteiger partial charge in [-0.15, -0.1) is 0 Å². The van der Waals surface area contributed by atoms with Crippen LogP contribution < -0.4 is 10.2 Å². The number of amides is 1. The number of aryl methyl sites for hydroxylation is 1. The van der Waals surface area contributed by atoms with E-state index in [9.17, 15) is 14.9 Å². The summed E-state index contributed by atoms with van der Waals surface area (Å²) in [6.45, 7) is 3.72. The Bertz CT molecular complexity index is 1040. The maximum absolute atomic E-state index is 12.5. The zero-order valence-corrected chi connectivity index (χ0v) is 15.6. The van der Waals surface area contributed by atoms with E-state index in [4.69, 9.17) is 0 Å². The Kier molecular flexibility index (Phi) is 4.49. The van der Waals surface area contributed by atoms with Gasteiger partial charge in [0.25, 0.3) is 11.6 Å². The number of rotatable bonds is 4. The summed E-state index contributed by atoms with van der Waals surface area (Å²) < 4.78 is 1.00. The van der Waals surface area contributed by atoms with Crippen LogP contribution in [0.1, 0.15) is 28.8 Å². The van der Waals surface area contributed by atoms with Gasteiger partial charge in [-0.25, -0.2) is 4.98 Å². The highest BCUT2D eigenvalue weighted by atomic mass is 32.1. The first kappa shape index (κ1) is 17.4. The fourth-order valence-electron chi connectivity index (χ4n) is 3.18. The molecule has 2 heterocycles. The van der Waals surface area contributed by atoms with Crippen molar-refractivity contribution in [2.75, 3.05) is 23.3 Å². The molecule has 2 aromatic carbocycles. The number of carbonyl (C=O) groups excluding carboxylic acids is 1. The average molecular weight is 382 g/mol. The molecule has 27 heavy (non-hydrogen) atoms. The lowest BCUT2D eigenvalue weighted by Crippen LogP contribution is -2.16. The van der Waals surface area contributed by atoms with Gasteiger partial charge in [-0.2, -0.15) is 0 Å². The summed E-state index contributed by atoms with van der Waals surface area (Å²) in [5.74, 6) is -0.373. The van der Waals surface area contributed by atoms with E-state index in [1.807, 2.05) is 12.1 Å². The molecule has 0 spiro atoms. The number of aromatic nitrogens is 1. The highest BCUT2D eigenvalue weighted by Crippen LogP contribution is 2.32. The summed E-state index contributed by atoms with van der Waals surface area (Å²) in [5.41, 5.74) is 2.28. The number of hydrogen-bond donors (Lipinski definition) is 1. The summed E-state index contributed by atoms with van der Waals surface area (Å²) in [4.78, 5) is 30.1. The number of carbonyl (C=O) groups is 1. The highest BCUT2D eigenvalue weighted by Gasteiger charge is 2.18. The van der Waals surface area contributed by atoms with Gasteiger partial charge >= 0.3 is 0 Å². The van der Waals surface area contributed by atoms with Crippen molar-refractivity contribution in [2.24, 2.45) is 0 Å². The fraction of sp³-hybridized carbons (Fsp3) is 0.263. The van der Waals surface area contributed by atoms with Crippen LogP contribution in [0, 0.1) is 17.0 Å². The molecule has 7 nitrogen and oxygen atoms in total. The minimum atomic E-state index is -0.477. The summed E-state index contributed by atoms with van der Waals surface area (Å²) >= 11 is 1.61. The number of hydrogen-bond acceptors (Lipinski definition) is 6. The molecule has 138 valence electrons. The second-order valence-corrected chi connectivity index (χ2v) is 7.59. The van der Waals surface area contributed by atoms with E-state index in [1.165, 1.54) is 18.9 Å². The predicted molar refractivity (Wildman–Crippen MR) is 107 cm³/mol. The Balaban J connectivity index is 1.56. The number of anilines is 2. The van der Waals surface area contributed by atoms with Crippen LogP contribution in [0.4, 0.5) is 16.5 Å². The van der Waals surface area contributed by atoms with E-state index in [0.717, 1.165) is 28.4 Å². The Morgan fingerprint density at radius 1 is 1.22 bits per heavy atom. The Hall–Kier alpha value is -3.00. The lowest BCUT2D eigenvalue weighted by atomic mass is 10.1. The molecular weight excluding hydrogens is 364 g/mol. The van der Waals surface area contributed by atoms with Crippen LogP contribution >= 0.6 is 11.3 Å². The molecule has 0 aliphatic carbocycles. The molecule has 1 saturated heterocycles. The number of nitro benzene ring substituents is 1. The summed E-state index contributed by atoms with van der Waals surface area (Å²) in [5, 5.41) is 14.9. The lowest BCUT2D eigenvalue weighted by Gasteiger charge is -2.11. The zero-order valence-electron chi connectivity index (χ0n) is 14.8. The third-order valence-corrected chi connectivity index (χ3v) is 5.76. The van der Waals surface area contributed by atoms with Crippen molar-refractivity contribution in [3.8, 4) is 0 Å². The first-order valence-electron chi connectivity index (χ1n) is 8.73. The third kappa shape index (κ3) is 3.48. The molecule has 4 rings (SSSR count). The van der Waals surface area contributed by atoms with Gasteiger partial charge in [0.05, 0.1) is 15.1 Å². The summed E-state index contributed by atoms with van der Waals surface area (Å²) in [6.07, 6.45) is 2.39. The number of benzene rings is 2. The molecule has 3 aromatic rings. The predicted octanol–water partition coefficient (Wildman–Crippen LogP) is 4.37. The molecule has 0 unspecified atom stereocenters. The van der Waals surface area contributed by atoms with Gasteiger partial charge in [0.15, 0.2) is 5.13 Å². The number of nitro groups is 1. The van der Waals surface area contributed by atoms with Crippen molar-refractivity contribution in [3.05, 3.63) is 57.6 Å². The minimum absolute atomic E-state index is 0.0594. The molecule has 0 saturated carbocycles. The van der Waals surface area contributed by atoms with Crippen LogP contribution in [-0.4, -0.2) is 28.9 Å². The van der Waals surface area contributed by atoms with Crippen molar-refractivity contribution in [3.63, 3.8) is 0 Å². The van der Waals surface area contributed by atoms with Gasteiger partial charge < -0.3 is 10.2 Å². The third-order valence-electron chi connectivity index (χ3n) is 4.68. The molecule has 0 radical (unpaired) electrons. The van der Waals surface area contributed by atoms with Crippen LogP contribution in [0.25, 0.3) is 10.2 Å². The van der Waals surface area contributed by atoms with E-state index in [1.54, 1.807) is 36.5 Å². The van der Waals surface area contributed by atoms with Gasteiger partial charge in [-0.3, -0.25) is 14.9 Å². The average Bonchev–Trinajstić information content (AvgIpc) is 3.30. The maximum Gasteiger partial charge on any atom is 0.273 e. The zero-order chi connectivity index (χ0) is 19.0. The fourth-order valence-corrected chi connectivity index (χ4v) is 4.24. The molecule has 1 aromatic heterocycles. The molecule has 1 aliphatic heterocycles. The van der Waals surface area contributed by atoms with Crippen LogP contribution in [0.5, 0.6) is 0 Å². The van der Waals surface area contributed by atoms with E-state index in [0.29, 0.717) is 11.3 Å². The standard InChI is InChI=1S/C19H18N4O3S/c1-12-4-5-13(10-16(12)23(25)26)18(24)20-14-6-7-15-17(11-14)27-19(21-15)22-8-2-3-9-22/h4-7,10-11H,2-3,8-9H2,1H3,(H,20,24). The van der Waals surface area contributed by atoms with Crippen molar-refractivity contribution in [1.82, 2.24) is 4.98 Å². The SMILES string of the molecule is Cc1ccc(C(=O)Nc2ccc3nc(N4CCCC4)sc3c2)cc1[N+](=O)[O-]. The minimum Gasteiger partial charge on any atom is -0.348 e. The van der Waals surface area contributed by atoms with Crippen LogP contribution in [-0.2, 0) is 0 Å². The van der Waals surface area contributed by atoms with Gasteiger partial charge in [-0.1, -0.05) is 17.4 Å². The Morgan fingerprint density at radius 3 is 2.74 bits per heavy atom. The number of thiazole rings is 1. The second-order valence-electron chi connectivity index (χ2n) is 6.59. The van der Waals surface area contributed by atoms with Crippen LogP contribution in [0.3, 0.4) is 0 Å². The van der Waals surface area contributed by atoms with E-state index < -0.39 is 4.92 Å². The van der Waals surface area contributed by atoms with Gasteiger partial charge in [0.1, 0.15) is 0 Å². The van der Waals surface area contributed by atoms with E-state index >= 15 is 0 Å². The van der Waals surface area contributed by atoms with Gasteiger partial charge in [0.2, 0.25) is 0 Å². The molecule has 1 N–H and O–H groups in total. The Morgan fingerprint density at radius 2 is 2.00 bits per heavy atom. The van der Waals surface area contributed by atoms with Crippen LogP contribution in [0.15, 0.2) is 36.4 Å².